The highest BCUT2D eigenvalue weighted by Crippen LogP contribution is 2.38. The van der Waals surface area contributed by atoms with Crippen molar-refractivity contribution >= 4 is 23.6 Å². The van der Waals surface area contributed by atoms with Crippen LogP contribution in [-0.2, 0) is 4.74 Å². The number of hydrogen-bond donors (Lipinski definition) is 2. The molecule has 2 heterocycles. The molecule has 0 bridgehead atoms. The number of carbonyl (C=O) groups is 2. The molecule has 2 atom stereocenters. The van der Waals surface area contributed by atoms with Crippen LogP contribution in [-0.4, -0.2) is 41.7 Å². The molecule has 3 rings (SSSR count). The van der Waals surface area contributed by atoms with E-state index in [1.54, 1.807) is 32.9 Å². The Bertz CT molecular complexity index is 789. The van der Waals surface area contributed by atoms with E-state index < -0.39 is 29.1 Å². The lowest BCUT2D eigenvalue weighted by molar-refractivity contribution is 0.0602. The third kappa shape index (κ3) is 3.95. The van der Waals surface area contributed by atoms with Crippen LogP contribution < -0.4 is 15.5 Å². The molecule has 0 aliphatic carbocycles. The molecule has 2 fully saturated rings. The van der Waals surface area contributed by atoms with Gasteiger partial charge in [0.2, 0.25) is 0 Å². The number of carbonyl (C=O) groups excluding carboxylic acids is 2. The van der Waals surface area contributed by atoms with E-state index in [2.05, 4.69) is 15.6 Å². The van der Waals surface area contributed by atoms with E-state index in [4.69, 9.17) is 4.74 Å². The molecule has 2 aliphatic heterocycles. The van der Waals surface area contributed by atoms with Crippen LogP contribution in [0.1, 0.15) is 40.5 Å². The first-order valence-corrected chi connectivity index (χ1v) is 9.03. The molecule has 1 aromatic rings. The van der Waals surface area contributed by atoms with E-state index >= 15 is 0 Å². The summed E-state index contributed by atoms with van der Waals surface area (Å²) in [5.74, 6) is -0.186. The van der Waals surface area contributed by atoms with E-state index in [0.29, 0.717) is 25.1 Å². The quantitative estimate of drug-likeness (QED) is 0.788. The monoisotopic (exact) mass is 376 g/mol. The minimum absolute atomic E-state index is 0.0892. The minimum atomic E-state index is -0.855. The second-order valence-corrected chi connectivity index (χ2v) is 8.03. The van der Waals surface area contributed by atoms with Gasteiger partial charge >= 0.3 is 12.1 Å². The summed E-state index contributed by atoms with van der Waals surface area (Å²) in [7, 11) is 0. The number of benzene rings is 1. The third-order valence-electron chi connectivity index (χ3n) is 4.64. The molecule has 2 N–H and O–H groups in total. The summed E-state index contributed by atoms with van der Waals surface area (Å²) in [6.07, 6.45) is 0.308. The molecule has 1 spiro atoms. The van der Waals surface area contributed by atoms with Crippen LogP contribution in [0, 0.1) is 5.82 Å². The lowest BCUT2D eigenvalue weighted by atomic mass is 9.82. The molecule has 146 valence electrons. The Kier molecular flexibility index (Phi) is 4.94. The number of aliphatic imine (C=N–C) groups is 1. The highest BCUT2D eigenvalue weighted by Gasteiger charge is 2.53. The zero-order valence-corrected chi connectivity index (χ0v) is 16.0. The first-order valence-electron chi connectivity index (χ1n) is 9.03. The molecule has 0 radical (unpaired) electrons. The van der Waals surface area contributed by atoms with Crippen LogP contribution in [0.2, 0.25) is 0 Å². The van der Waals surface area contributed by atoms with E-state index in [9.17, 15) is 14.0 Å². The fraction of sp³-hybridized carbons (Fsp3) is 0.526. The highest BCUT2D eigenvalue weighted by atomic mass is 19.1. The predicted octanol–water partition coefficient (Wildman–Crippen LogP) is 3.20. The van der Waals surface area contributed by atoms with Crippen LogP contribution in [0.15, 0.2) is 29.3 Å². The second-order valence-electron chi connectivity index (χ2n) is 8.03. The third-order valence-corrected chi connectivity index (χ3v) is 4.64. The van der Waals surface area contributed by atoms with Gasteiger partial charge in [0.1, 0.15) is 22.8 Å². The number of nitrogens with one attached hydrogen (secondary N) is 2. The number of piperidine rings is 1. The number of hydrogen-bond acceptors (Lipinski definition) is 4. The normalized spacial score (nSPS) is 27.1. The smallest absolute Gasteiger partial charge is 0.435 e. The number of amides is 3. The standard InChI is InChI=1S/C19H25FN4O3/c1-12-11-19(8-9-21-12)15(23-17(26)27-18(2,3)4)22-16(25)24(19)14-7-5-6-13(20)10-14/h5-7,10,12,21H,8-9,11H2,1-4H3,(H,22,23,25,26)/t12-,19+/m0/s1. The number of nitrogens with zero attached hydrogens (tertiary/aromatic N) is 2. The molecule has 0 unspecified atom stereocenters. The number of anilines is 1. The maximum atomic E-state index is 13.8. The molecule has 1 aromatic carbocycles. The van der Waals surface area contributed by atoms with Crippen molar-refractivity contribution in [3.8, 4) is 0 Å². The van der Waals surface area contributed by atoms with E-state index in [-0.39, 0.29) is 11.9 Å². The molecule has 7 nitrogen and oxygen atoms in total. The van der Waals surface area contributed by atoms with Crippen LogP contribution in [0.5, 0.6) is 0 Å². The fourth-order valence-corrected chi connectivity index (χ4v) is 3.69. The van der Waals surface area contributed by atoms with Crippen molar-refractivity contribution in [1.29, 1.82) is 0 Å². The highest BCUT2D eigenvalue weighted by molar-refractivity contribution is 6.20. The van der Waals surface area contributed by atoms with Gasteiger partial charge in [-0.3, -0.25) is 10.2 Å². The number of rotatable bonds is 1. The van der Waals surface area contributed by atoms with Gasteiger partial charge < -0.3 is 10.1 Å². The largest absolute Gasteiger partial charge is 0.442 e. The Labute approximate surface area is 158 Å². The van der Waals surface area contributed by atoms with Crippen molar-refractivity contribution in [1.82, 2.24) is 10.6 Å². The Morgan fingerprint density at radius 3 is 2.78 bits per heavy atom. The zero-order valence-electron chi connectivity index (χ0n) is 16.0. The topological polar surface area (TPSA) is 83.0 Å². The molecular weight excluding hydrogens is 351 g/mol. The summed E-state index contributed by atoms with van der Waals surface area (Å²) in [6, 6.07) is 5.52. The number of ether oxygens (including phenoxy) is 1. The van der Waals surface area contributed by atoms with Gasteiger partial charge in [0.15, 0.2) is 0 Å². The van der Waals surface area contributed by atoms with E-state index in [1.807, 2.05) is 6.92 Å². The molecule has 2 saturated heterocycles. The Balaban J connectivity index is 2.04. The molecule has 0 aromatic heterocycles. The van der Waals surface area contributed by atoms with Gasteiger partial charge in [-0.1, -0.05) is 6.07 Å². The van der Waals surface area contributed by atoms with Crippen molar-refractivity contribution in [2.45, 2.75) is 57.7 Å². The van der Waals surface area contributed by atoms with Gasteiger partial charge in [0, 0.05) is 11.7 Å². The van der Waals surface area contributed by atoms with Crippen molar-refractivity contribution in [3.63, 3.8) is 0 Å². The van der Waals surface area contributed by atoms with E-state index in [1.165, 1.54) is 17.0 Å². The maximum absolute atomic E-state index is 13.8. The first-order chi connectivity index (χ1) is 12.6. The summed E-state index contributed by atoms with van der Waals surface area (Å²) < 4.78 is 19.1. The Hall–Kier alpha value is -2.48. The Morgan fingerprint density at radius 1 is 1.41 bits per heavy atom. The molecular formula is C19H25FN4O3. The molecule has 3 amide bonds. The molecule has 2 aliphatic rings. The fourth-order valence-electron chi connectivity index (χ4n) is 3.69. The van der Waals surface area contributed by atoms with Crippen molar-refractivity contribution < 1.29 is 18.7 Å². The summed E-state index contributed by atoms with van der Waals surface area (Å²) in [5, 5.41) is 6.04. The number of urea groups is 1. The van der Waals surface area contributed by atoms with Crippen molar-refractivity contribution in [2.24, 2.45) is 4.99 Å². The van der Waals surface area contributed by atoms with Crippen LogP contribution in [0.25, 0.3) is 0 Å². The van der Waals surface area contributed by atoms with Gasteiger partial charge in [0.25, 0.3) is 0 Å². The average Bonchev–Trinajstić information content (AvgIpc) is 2.76. The van der Waals surface area contributed by atoms with Gasteiger partial charge in [-0.15, -0.1) is 0 Å². The molecule has 8 heteroatoms. The summed E-state index contributed by atoms with van der Waals surface area (Å²) in [5.41, 5.74) is -1.12. The van der Waals surface area contributed by atoms with Crippen LogP contribution in [0.4, 0.5) is 19.7 Å². The van der Waals surface area contributed by atoms with Gasteiger partial charge in [-0.25, -0.2) is 14.0 Å². The van der Waals surface area contributed by atoms with E-state index in [0.717, 1.165) is 0 Å². The zero-order chi connectivity index (χ0) is 19.8. The number of amidine groups is 1. The molecule has 0 saturated carbocycles. The van der Waals surface area contributed by atoms with Crippen molar-refractivity contribution in [3.05, 3.63) is 30.1 Å². The number of halogens is 1. The maximum Gasteiger partial charge on any atom is 0.435 e. The predicted molar refractivity (Wildman–Crippen MR) is 101 cm³/mol. The summed E-state index contributed by atoms with van der Waals surface area (Å²) in [4.78, 5) is 30.6. The first kappa shape index (κ1) is 19.3. The van der Waals surface area contributed by atoms with Gasteiger partial charge in [-0.05, 0) is 65.3 Å². The minimum Gasteiger partial charge on any atom is -0.442 e. The summed E-state index contributed by atoms with van der Waals surface area (Å²) >= 11 is 0. The summed E-state index contributed by atoms with van der Waals surface area (Å²) in [6.45, 7) is 7.88. The van der Waals surface area contributed by atoms with Crippen LogP contribution >= 0.6 is 0 Å². The van der Waals surface area contributed by atoms with Gasteiger partial charge in [-0.2, -0.15) is 4.99 Å². The Morgan fingerprint density at radius 2 is 2.15 bits per heavy atom. The SMILES string of the molecule is C[C@H]1C[C@]2(CCN1)C(=NC(=O)OC(C)(C)C)NC(=O)N2c1cccc(F)c1. The van der Waals surface area contributed by atoms with Crippen molar-refractivity contribution in [2.75, 3.05) is 11.4 Å². The lowest BCUT2D eigenvalue weighted by Gasteiger charge is -2.42. The average molecular weight is 376 g/mol. The van der Waals surface area contributed by atoms with Crippen LogP contribution in [0.3, 0.4) is 0 Å². The lowest BCUT2D eigenvalue weighted by Crippen LogP contribution is -2.58. The van der Waals surface area contributed by atoms with Gasteiger partial charge in [0.05, 0.1) is 0 Å². The molecule has 27 heavy (non-hydrogen) atoms. The second kappa shape index (κ2) is 6.92.